The van der Waals surface area contributed by atoms with Crippen LogP contribution in [0.3, 0.4) is 0 Å². The van der Waals surface area contributed by atoms with Gasteiger partial charge in [0.2, 0.25) is 5.91 Å². The molecule has 28 heavy (non-hydrogen) atoms. The van der Waals surface area contributed by atoms with E-state index in [1.807, 2.05) is 35.8 Å². The molecular formula is C21H21ClN4O2. The number of carbonyl (C=O) groups is 2. The zero-order valence-corrected chi connectivity index (χ0v) is 16.2. The van der Waals surface area contributed by atoms with Crippen molar-refractivity contribution in [3.63, 3.8) is 0 Å². The summed E-state index contributed by atoms with van der Waals surface area (Å²) in [4.78, 5) is 29.6. The van der Waals surface area contributed by atoms with Gasteiger partial charge in [-0.2, -0.15) is 0 Å². The number of benzene rings is 2. The van der Waals surface area contributed by atoms with Crippen LogP contribution in [0.15, 0.2) is 48.5 Å². The SMILES string of the molecule is CC(NC(=O)c1ccc(Cl)cc1)c1nc2ccccc2n1CC(=O)NC1CC1. The summed E-state index contributed by atoms with van der Waals surface area (Å²) in [6.45, 7) is 2.04. The van der Waals surface area contributed by atoms with E-state index in [2.05, 4.69) is 15.6 Å². The molecule has 1 unspecified atom stereocenters. The van der Waals surface area contributed by atoms with Crippen molar-refractivity contribution in [1.82, 2.24) is 20.2 Å². The topological polar surface area (TPSA) is 76.0 Å². The molecule has 1 fully saturated rings. The normalized spacial score (nSPS) is 14.6. The van der Waals surface area contributed by atoms with Crippen molar-refractivity contribution in [3.8, 4) is 0 Å². The summed E-state index contributed by atoms with van der Waals surface area (Å²) < 4.78 is 1.87. The van der Waals surface area contributed by atoms with Gasteiger partial charge in [0.05, 0.1) is 17.1 Å². The largest absolute Gasteiger partial charge is 0.352 e. The Hall–Kier alpha value is -2.86. The van der Waals surface area contributed by atoms with Crippen LogP contribution in [-0.2, 0) is 11.3 Å². The van der Waals surface area contributed by atoms with Gasteiger partial charge < -0.3 is 15.2 Å². The van der Waals surface area contributed by atoms with Crippen molar-refractivity contribution in [2.45, 2.75) is 38.4 Å². The molecule has 1 atom stereocenters. The molecule has 2 amide bonds. The molecule has 6 nitrogen and oxygen atoms in total. The number of hydrogen-bond donors (Lipinski definition) is 2. The Morgan fingerprint density at radius 3 is 2.61 bits per heavy atom. The van der Waals surface area contributed by atoms with Crippen LogP contribution in [0.5, 0.6) is 0 Å². The summed E-state index contributed by atoms with van der Waals surface area (Å²) in [5, 5.41) is 6.55. The maximum Gasteiger partial charge on any atom is 0.251 e. The van der Waals surface area contributed by atoms with Gasteiger partial charge >= 0.3 is 0 Å². The number of nitrogens with one attached hydrogen (secondary N) is 2. The fourth-order valence-corrected chi connectivity index (χ4v) is 3.31. The lowest BCUT2D eigenvalue weighted by atomic mass is 10.2. The lowest BCUT2D eigenvalue weighted by molar-refractivity contribution is -0.121. The minimum absolute atomic E-state index is 0.0388. The van der Waals surface area contributed by atoms with Crippen LogP contribution in [0.2, 0.25) is 5.02 Å². The summed E-state index contributed by atoms with van der Waals surface area (Å²) in [7, 11) is 0. The summed E-state index contributed by atoms with van der Waals surface area (Å²) in [6.07, 6.45) is 2.08. The molecule has 1 aliphatic rings. The Labute approximate surface area is 167 Å². The molecule has 1 aliphatic carbocycles. The van der Waals surface area contributed by atoms with Crippen LogP contribution < -0.4 is 10.6 Å². The van der Waals surface area contributed by atoms with Crippen LogP contribution in [-0.4, -0.2) is 27.4 Å². The van der Waals surface area contributed by atoms with Crippen molar-refractivity contribution < 1.29 is 9.59 Å². The number of carbonyl (C=O) groups excluding carboxylic acids is 2. The molecule has 2 N–H and O–H groups in total. The highest BCUT2D eigenvalue weighted by Gasteiger charge is 2.25. The van der Waals surface area contributed by atoms with E-state index >= 15 is 0 Å². The minimum Gasteiger partial charge on any atom is -0.352 e. The van der Waals surface area contributed by atoms with Crippen molar-refractivity contribution in [2.24, 2.45) is 0 Å². The van der Waals surface area contributed by atoms with E-state index in [0.29, 0.717) is 22.5 Å². The Kier molecular flexibility index (Phi) is 5.05. The van der Waals surface area contributed by atoms with Crippen LogP contribution in [0.25, 0.3) is 11.0 Å². The number of amides is 2. The molecule has 0 aliphatic heterocycles. The minimum atomic E-state index is -0.371. The Morgan fingerprint density at radius 1 is 1.18 bits per heavy atom. The summed E-state index contributed by atoms with van der Waals surface area (Å²) in [5.74, 6) is 0.391. The monoisotopic (exact) mass is 396 g/mol. The molecule has 7 heteroatoms. The first kappa shape index (κ1) is 18.5. The Morgan fingerprint density at radius 2 is 1.89 bits per heavy atom. The second-order valence-electron chi connectivity index (χ2n) is 7.09. The molecule has 2 aromatic carbocycles. The van der Waals surface area contributed by atoms with E-state index in [1.54, 1.807) is 24.3 Å². The van der Waals surface area contributed by atoms with Gasteiger partial charge in [0.1, 0.15) is 12.4 Å². The summed E-state index contributed by atoms with van der Waals surface area (Å²) in [5.41, 5.74) is 2.19. The molecule has 0 spiro atoms. The molecule has 144 valence electrons. The van der Waals surface area contributed by atoms with E-state index < -0.39 is 0 Å². The van der Waals surface area contributed by atoms with Crippen molar-refractivity contribution in [2.75, 3.05) is 0 Å². The number of para-hydroxylation sites is 2. The van der Waals surface area contributed by atoms with Crippen molar-refractivity contribution in [1.29, 1.82) is 0 Å². The summed E-state index contributed by atoms with van der Waals surface area (Å²) in [6, 6.07) is 14.3. The average molecular weight is 397 g/mol. The van der Waals surface area contributed by atoms with E-state index in [0.717, 1.165) is 23.9 Å². The highest BCUT2D eigenvalue weighted by atomic mass is 35.5. The Balaban J connectivity index is 1.59. The molecule has 0 bridgehead atoms. The van der Waals surface area contributed by atoms with Gasteiger partial charge in [0, 0.05) is 16.6 Å². The fourth-order valence-electron chi connectivity index (χ4n) is 3.18. The highest BCUT2D eigenvalue weighted by Crippen LogP contribution is 2.22. The summed E-state index contributed by atoms with van der Waals surface area (Å²) >= 11 is 5.89. The highest BCUT2D eigenvalue weighted by molar-refractivity contribution is 6.30. The smallest absolute Gasteiger partial charge is 0.251 e. The lowest BCUT2D eigenvalue weighted by Gasteiger charge is -2.16. The lowest BCUT2D eigenvalue weighted by Crippen LogP contribution is -2.32. The van der Waals surface area contributed by atoms with E-state index in [9.17, 15) is 9.59 Å². The van der Waals surface area contributed by atoms with Gasteiger partial charge in [-0.1, -0.05) is 23.7 Å². The van der Waals surface area contributed by atoms with Crippen molar-refractivity contribution in [3.05, 3.63) is 64.9 Å². The van der Waals surface area contributed by atoms with E-state index in [4.69, 9.17) is 11.6 Å². The van der Waals surface area contributed by atoms with E-state index in [1.165, 1.54) is 0 Å². The number of hydrogen-bond acceptors (Lipinski definition) is 3. The molecule has 3 aromatic rings. The average Bonchev–Trinajstić information content (AvgIpc) is 3.41. The third kappa shape index (κ3) is 4.02. The molecule has 1 heterocycles. The van der Waals surface area contributed by atoms with Crippen LogP contribution in [0, 0.1) is 0 Å². The van der Waals surface area contributed by atoms with Gasteiger partial charge in [-0.15, -0.1) is 0 Å². The van der Waals surface area contributed by atoms with Crippen LogP contribution in [0.1, 0.15) is 42.0 Å². The van der Waals surface area contributed by atoms with Gasteiger partial charge in [0.15, 0.2) is 0 Å². The number of imidazole rings is 1. The van der Waals surface area contributed by atoms with Gasteiger partial charge in [-0.25, -0.2) is 4.98 Å². The fraction of sp³-hybridized carbons (Fsp3) is 0.286. The quantitative estimate of drug-likeness (QED) is 0.670. The number of rotatable bonds is 6. The van der Waals surface area contributed by atoms with Gasteiger partial charge in [-0.05, 0) is 56.2 Å². The number of aromatic nitrogens is 2. The molecular weight excluding hydrogens is 376 g/mol. The van der Waals surface area contributed by atoms with Gasteiger partial charge in [0.25, 0.3) is 5.91 Å². The predicted molar refractivity (Wildman–Crippen MR) is 108 cm³/mol. The number of nitrogens with zero attached hydrogens (tertiary/aromatic N) is 2. The Bertz CT molecular complexity index is 1020. The first-order chi connectivity index (χ1) is 13.5. The third-order valence-corrected chi connectivity index (χ3v) is 5.02. The van der Waals surface area contributed by atoms with Crippen LogP contribution in [0.4, 0.5) is 0 Å². The number of fused-ring (bicyclic) bond motifs is 1. The van der Waals surface area contributed by atoms with Crippen molar-refractivity contribution >= 4 is 34.4 Å². The molecule has 4 rings (SSSR count). The third-order valence-electron chi connectivity index (χ3n) is 4.77. The maximum atomic E-state index is 12.6. The number of halogens is 1. The first-order valence-electron chi connectivity index (χ1n) is 9.32. The standard InChI is InChI=1S/C21H21ClN4O2/c1-13(23-21(28)14-6-8-15(22)9-7-14)20-25-17-4-2-3-5-18(17)26(20)12-19(27)24-16-10-11-16/h2-9,13,16H,10-12H2,1H3,(H,23,28)(H,24,27). The first-order valence-corrected chi connectivity index (χ1v) is 9.70. The maximum absolute atomic E-state index is 12.6. The van der Waals surface area contributed by atoms with E-state index in [-0.39, 0.29) is 24.4 Å². The second kappa shape index (κ2) is 7.64. The van der Waals surface area contributed by atoms with Crippen LogP contribution >= 0.6 is 11.6 Å². The molecule has 1 aromatic heterocycles. The molecule has 1 saturated carbocycles. The zero-order valence-electron chi connectivity index (χ0n) is 15.5. The zero-order chi connectivity index (χ0) is 19.7. The van der Waals surface area contributed by atoms with Gasteiger partial charge in [-0.3, -0.25) is 9.59 Å². The predicted octanol–water partition coefficient (Wildman–Crippen LogP) is 3.46. The second-order valence-corrected chi connectivity index (χ2v) is 7.53. The molecule has 0 saturated heterocycles. The molecule has 0 radical (unpaired) electrons.